The number of nitrogens with zero attached hydrogens (tertiary/aromatic N) is 1. The molecule has 0 bridgehead atoms. The number of para-hydroxylation sites is 1. The molecule has 0 radical (unpaired) electrons. The van der Waals surface area contributed by atoms with Crippen LogP contribution in [0.15, 0.2) is 28.6 Å². The number of benzene rings is 1. The summed E-state index contributed by atoms with van der Waals surface area (Å²) >= 11 is 2.90. The van der Waals surface area contributed by atoms with Gasteiger partial charge in [0.2, 0.25) is 5.91 Å². The van der Waals surface area contributed by atoms with Gasteiger partial charge in [-0.05, 0) is 18.1 Å². The molecule has 0 aliphatic heterocycles. The monoisotopic (exact) mass is 309 g/mol. The maximum Gasteiger partial charge on any atom is 0.318 e. The summed E-state index contributed by atoms with van der Waals surface area (Å²) in [6, 6.07) is 6.98. The normalized spacial score (nSPS) is 12.6. The Bertz CT molecular complexity index is 606. The fourth-order valence-corrected chi connectivity index (χ4v) is 3.97. The summed E-state index contributed by atoms with van der Waals surface area (Å²) in [5.74, 6) is -0.317. The van der Waals surface area contributed by atoms with Gasteiger partial charge < -0.3 is 5.73 Å². The molecule has 3 N–H and O–H groups in total. The summed E-state index contributed by atoms with van der Waals surface area (Å²) in [6.45, 7) is 3.84. The van der Waals surface area contributed by atoms with Crippen LogP contribution in [0, 0.1) is 5.92 Å². The van der Waals surface area contributed by atoms with E-state index in [-0.39, 0.29) is 11.8 Å². The second-order valence-electron chi connectivity index (χ2n) is 4.58. The van der Waals surface area contributed by atoms with Crippen molar-refractivity contribution in [2.45, 2.75) is 23.4 Å². The Morgan fingerprint density at radius 2 is 2.05 bits per heavy atom. The van der Waals surface area contributed by atoms with Crippen LogP contribution >= 0.6 is 23.1 Å². The van der Waals surface area contributed by atoms with E-state index in [1.165, 1.54) is 23.1 Å². The van der Waals surface area contributed by atoms with Crippen LogP contribution in [-0.2, 0) is 4.79 Å². The standard InChI is InChI=1S/C13H15N3O2S2/c1-7(2)10(11(17)16-12(14)18)20-13-15-8-5-3-4-6-9(8)19-13/h3-7,10H,1-2H3,(H3,14,16,17,18)/t10-/m0/s1. The van der Waals surface area contributed by atoms with Gasteiger partial charge in [-0.25, -0.2) is 9.78 Å². The summed E-state index contributed by atoms with van der Waals surface area (Å²) in [5, 5.41) is 1.73. The molecule has 3 amide bonds. The van der Waals surface area contributed by atoms with Crippen molar-refractivity contribution in [3.05, 3.63) is 24.3 Å². The third-order valence-corrected chi connectivity index (χ3v) is 5.29. The molecule has 0 spiro atoms. The third kappa shape index (κ3) is 3.49. The summed E-state index contributed by atoms with van der Waals surface area (Å²) in [5.41, 5.74) is 5.91. The Morgan fingerprint density at radius 1 is 1.35 bits per heavy atom. The lowest BCUT2D eigenvalue weighted by Crippen LogP contribution is -2.42. The number of fused-ring (bicyclic) bond motifs is 1. The van der Waals surface area contributed by atoms with Crippen LogP contribution < -0.4 is 11.1 Å². The maximum absolute atomic E-state index is 12.0. The van der Waals surface area contributed by atoms with Gasteiger partial charge in [-0.15, -0.1) is 11.3 Å². The molecule has 5 nitrogen and oxygen atoms in total. The molecule has 1 atom stereocenters. The predicted octanol–water partition coefficient (Wildman–Crippen LogP) is 2.61. The van der Waals surface area contributed by atoms with Crippen LogP contribution in [0.25, 0.3) is 10.2 Å². The van der Waals surface area contributed by atoms with Crippen LogP contribution in [-0.4, -0.2) is 22.2 Å². The molecule has 2 aromatic rings. The topological polar surface area (TPSA) is 85.1 Å². The van der Waals surface area contributed by atoms with Crippen LogP contribution in [0.2, 0.25) is 0 Å². The molecule has 0 aliphatic carbocycles. The zero-order valence-electron chi connectivity index (χ0n) is 11.1. The number of hydrogen-bond acceptors (Lipinski definition) is 5. The average molecular weight is 309 g/mol. The Balaban J connectivity index is 2.19. The summed E-state index contributed by atoms with van der Waals surface area (Å²) in [4.78, 5) is 27.2. The minimum absolute atomic E-state index is 0.0614. The maximum atomic E-state index is 12.0. The molecular weight excluding hydrogens is 294 g/mol. The third-order valence-electron chi connectivity index (χ3n) is 2.61. The number of rotatable bonds is 4. The molecule has 0 saturated heterocycles. The lowest BCUT2D eigenvalue weighted by molar-refractivity contribution is -0.120. The van der Waals surface area contributed by atoms with Crippen molar-refractivity contribution in [3.63, 3.8) is 0 Å². The molecule has 0 unspecified atom stereocenters. The highest BCUT2D eigenvalue weighted by Crippen LogP contribution is 2.34. The highest BCUT2D eigenvalue weighted by Gasteiger charge is 2.25. The predicted molar refractivity (Wildman–Crippen MR) is 81.8 cm³/mol. The van der Waals surface area contributed by atoms with Crippen LogP contribution in [0.1, 0.15) is 13.8 Å². The minimum atomic E-state index is -0.828. The van der Waals surface area contributed by atoms with E-state index in [0.29, 0.717) is 0 Å². The van der Waals surface area contributed by atoms with Gasteiger partial charge >= 0.3 is 6.03 Å². The second kappa shape index (κ2) is 6.23. The summed E-state index contributed by atoms with van der Waals surface area (Å²) in [6.07, 6.45) is 0. The zero-order chi connectivity index (χ0) is 14.7. The first-order valence-electron chi connectivity index (χ1n) is 6.10. The van der Waals surface area contributed by atoms with E-state index >= 15 is 0 Å². The van der Waals surface area contributed by atoms with Crippen molar-refractivity contribution in [1.29, 1.82) is 0 Å². The first-order valence-corrected chi connectivity index (χ1v) is 7.79. The highest BCUT2D eigenvalue weighted by molar-refractivity contribution is 8.02. The summed E-state index contributed by atoms with van der Waals surface area (Å²) in [7, 11) is 0. The smallest absolute Gasteiger partial charge is 0.318 e. The second-order valence-corrected chi connectivity index (χ2v) is 7.00. The molecule has 20 heavy (non-hydrogen) atoms. The van der Waals surface area contributed by atoms with Gasteiger partial charge in [0, 0.05) is 0 Å². The van der Waals surface area contributed by atoms with Crippen LogP contribution in [0.3, 0.4) is 0 Å². The van der Waals surface area contributed by atoms with E-state index in [4.69, 9.17) is 5.73 Å². The lowest BCUT2D eigenvalue weighted by atomic mass is 10.1. The van der Waals surface area contributed by atoms with Gasteiger partial charge in [-0.2, -0.15) is 0 Å². The minimum Gasteiger partial charge on any atom is -0.351 e. The molecule has 1 heterocycles. The number of thiazole rings is 1. The number of carbonyl (C=O) groups is 2. The molecular formula is C13H15N3O2S2. The number of carbonyl (C=O) groups excluding carboxylic acids is 2. The van der Waals surface area contributed by atoms with Crippen LogP contribution in [0.5, 0.6) is 0 Å². The molecule has 0 fully saturated rings. The van der Waals surface area contributed by atoms with Crippen molar-refractivity contribution >= 4 is 45.3 Å². The van der Waals surface area contributed by atoms with Crippen molar-refractivity contribution in [1.82, 2.24) is 10.3 Å². The quantitative estimate of drug-likeness (QED) is 0.850. The van der Waals surface area contributed by atoms with E-state index in [2.05, 4.69) is 10.3 Å². The van der Waals surface area contributed by atoms with E-state index in [1.807, 2.05) is 38.1 Å². The van der Waals surface area contributed by atoms with Crippen molar-refractivity contribution < 1.29 is 9.59 Å². The number of nitrogens with one attached hydrogen (secondary N) is 1. The fourth-order valence-electron chi connectivity index (χ4n) is 1.70. The van der Waals surface area contributed by atoms with E-state index in [1.54, 1.807) is 0 Å². The zero-order valence-corrected chi connectivity index (χ0v) is 12.8. The SMILES string of the molecule is CC(C)[C@H](Sc1nc2ccccc2s1)C(=O)NC(N)=O. The molecule has 106 valence electrons. The molecule has 1 aromatic heterocycles. The molecule has 7 heteroatoms. The Morgan fingerprint density at radius 3 is 2.65 bits per heavy atom. The Labute approximate surface area is 124 Å². The molecule has 2 rings (SSSR count). The van der Waals surface area contributed by atoms with E-state index in [9.17, 15) is 9.59 Å². The van der Waals surface area contributed by atoms with Gasteiger partial charge in [0.1, 0.15) is 0 Å². The number of amides is 3. The van der Waals surface area contributed by atoms with Gasteiger partial charge in [0.05, 0.1) is 15.5 Å². The van der Waals surface area contributed by atoms with Gasteiger partial charge in [-0.3, -0.25) is 10.1 Å². The molecule has 0 aliphatic rings. The number of nitrogens with two attached hydrogens (primary N) is 1. The summed E-state index contributed by atoms with van der Waals surface area (Å²) < 4.78 is 1.89. The number of imide groups is 1. The number of primary amides is 1. The van der Waals surface area contributed by atoms with E-state index < -0.39 is 11.3 Å². The number of urea groups is 1. The Hall–Kier alpha value is -1.60. The van der Waals surface area contributed by atoms with Gasteiger partial charge in [0.15, 0.2) is 4.34 Å². The van der Waals surface area contributed by atoms with Crippen molar-refractivity contribution in [3.8, 4) is 0 Å². The number of thioether (sulfide) groups is 1. The lowest BCUT2D eigenvalue weighted by Gasteiger charge is -2.17. The number of aromatic nitrogens is 1. The molecule has 0 saturated carbocycles. The van der Waals surface area contributed by atoms with Crippen molar-refractivity contribution in [2.75, 3.05) is 0 Å². The first-order chi connectivity index (χ1) is 9.47. The van der Waals surface area contributed by atoms with Crippen LogP contribution in [0.4, 0.5) is 4.79 Å². The number of hydrogen-bond donors (Lipinski definition) is 2. The largest absolute Gasteiger partial charge is 0.351 e. The molecule has 1 aromatic carbocycles. The van der Waals surface area contributed by atoms with E-state index in [0.717, 1.165) is 14.6 Å². The van der Waals surface area contributed by atoms with Gasteiger partial charge in [-0.1, -0.05) is 37.7 Å². The van der Waals surface area contributed by atoms with Crippen molar-refractivity contribution in [2.24, 2.45) is 11.7 Å². The highest BCUT2D eigenvalue weighted by atomic mass is 32.2. The average Bonchev–Trinajstić information content (AvgIpc) is 2.76. The Kier molecular flexibility index (Phi) is 4.61. The van der Waals surface area contributed by atoms with Gasteiger partial charge in [0.25, 0.3) is 0 Å². The fraction of sp³-hybridized carbons (Fsp3) is 0.308. The first kappa shape index (κ1) is 14.8.